The van der Waals surface area contributed by atoms with Crippen molar-refractivity contribution in [3.63, 3.8) is 0 Å². The van der Waals surface area contributed by atoms with Crippen molar-refractivity contribution < 1.29 is 9.59 Å². The molecule has 0 aliphatic heterocycles. The summed E-state index contributed by atoms with van der Waals surface area (Å²) in [4.78, 5) is 26.3. The minimum atomic E-state index is -0.446. The van der Waals surface area contributed by atoms with E-state index in [1.54, 1.807) is 18.2 Å². The highest BCUT2D eigenvalue weighted by Crippen LogP contribution is 2.33. The van der Waals surface area contributed by atoms with E-state index >= 15 is 0 Å². The smallest absolute Gasteiger partial charge is 0.267 e. The van der Waals surface area contributed by atoms with Gasteiger partial charge in [-0.05, 0) is 55.0 Å². The van der Waals surface area contributed by atoms with E-state index in [1.807, 2.05) is 12.1 Å². The first-order valence-corrected chi connectivity index (χ1v) is 9.14. The molecular weight excluding hydrogens is 334 g/mol. The Bertz CT molecular complexity index is 851. The third-order valence-electron chi connectivity index (χ3n) is 4.53. The van der Waals surface area contributed by atoms with Crippen LogP contribution in [0, 0.1) is 17.2 Å². The lowest BCUT2D eigenvalue weighted by Gasteiger charge is -2.19. The molecule has 1 heterocycles. The van der Waals surface area contributed by atoms with Crippen molar-refractivity contribution in [3.05, 3.63) is 56.8 Å². The van der Waals surface area contributed by atoms with Crippen LogP contribution in [0.5, 0.6) is 0 Å². The molecule has 0 fully saturated rings. The first-order chi connectivity index (χ1) is 12.1. The molecule has 0 saturated carbocycles. The number of aryl methyl sites for hydroxylation is 1. The second-order valence-corrected chi connectivity index (χ2v) is 7.31. The summed E-state index contributed by atoms with van der Waals surface area (Å²) in [7, 11) is 0. The van der Waals surface area contributed by atoms with Gasteiger partial charge in [0.25, 0.3) is 11.8 Å². The monoisotopic (exact) mass is 353 g/mol. The maximum Gasteiger partial charge on any atom is 0.279 e. The lowest BCUT2D eigenvalue weighted by atomic mass is 9.87. The Kier molecular flexibility index (Phi) is 5.15. The number of fused-ring (bicyclic) bond motifs is 1. The third kappa shape index (κ3) is 3.89. The third-order valence-corrected chi connectivity index (χ3v) is 5.77. The Labute approximate surface area is 150 Å². The number of amides is 2. The molecule has 6 heteroatoms. The van der Waals surface area contributed by atoms with Crippen LogP contribution in [0.1, 0.15) is 55.8 Å². The van der Waals surface area contributed by atoms with Crippen molar-refractivity contribution in [1.82, 2.24) is 10.9 Å². The second kappa shape index (κ2) is 7.49. The molecule has 3 rings (SSSR count). The van der Waals surface area contributed by atoms with Gasteiger partial charge in [0.15, 0.2) is 0 Å². The molecule has 2 N–H and O–H groups in total. The number of rotatable bonds is 3. The summed E-state index contributed by atoms with van der Waals surface area (Å²) in [5, 5.41) is 8.88. The van der Waals surface area contributed by atoms with E-state index in [9.17, 15) is 9.59 Å². The van der Waals surface area contributed by atoms with Crippen LogP contribution in [-0.4, -0.2) is 11.8 Å². The van der Waals surface area contributed by atoms with Gasteiger partial charge >= 0.3 is 0 Å². The van der Waals surface area contributed by atoms with Crippen molar-refractivity contribution in [2.24, 2.45) is 5.92 Å². The number of carbonyl (C=O) groups excluding carboxylic acids is 2. The van der Waals surface area contributed by atoms with Gasteiger partial charge in [0.05, 0.1) is 16.5 Å². The molecular formula is C19H19N3O2S. The molecule has 128 valence electrons. The molecule has 5 nitrogen and oxygen atoms in total. The van der Waals surface area contributed by atoms with Crippen LogP contribution in [0.4, 0.5) is 0 Å². The van der Waals surface area contributed by atoms with Crippen molar-refractivity contribution in [1.29, 1.82) is 5.26 Å². The van der Waals surface area contributed by atoms with Crippen molar-refractivity contribution >= 4 is 23.2 Å². The van der Waals surface area contributed by atoms with Crippen LogP contribution in [0.3, 0.4) is 0 Å². The standard InChI is InChI=1S/C19H19N3O2S/c1-2-12-6-7-16-15(8-12)10-17(25-16)19(24)22-21-18(23)14-5-3-4-13(9-14)11-20/h3-5,9-10,12H,2,6-8H2,1H3,(H,21,23)(H,22,24)/t12-/m0/s1. The van der Waals surface area contributed by atoms with Gasteiger partial charge < -0.3 is 0 Å². The highest BCUT2D eigenvalue weighted by atomic mass is 32.1. The zero-order valence-corrected chi connectivity index (χ0v) is 14.8. The zero-order valence-electron chi connectivity index (χ0n) is 14.0. The molecule has 1 atom stereocenters. The molecule has 0 spiro atoms. The van der Waals surface area contributed by atoms with Crippen LogP contribution in [0.15, 0.2) is 30.3 Å². The molecule has 25 heavy (non-hydrogen) atoms. The largest absolute Gasteiger partial charge is 0.279 e. The van der Waals surface area contributed by atoms with E-state index < -0.39 is 5.91 Å². The Morgan fingerprint density at radius 2 is 2.08 bits per heavy atom. The predicted octanol–water partition coefficient (Wildman–Crippen LogP) is 3.21. The fourth-order valence-corrected chi connectivity index (χ4v) is 4.14. The lowest BCUT2D eigenvalue weighted by molar-refractivity contribution is 0.0849. The van der Waals surface area contributed by atoms with Crippen molar-refractivity contribution in [2.75, 3.05) is 0 Å². The van der Waals surface area contributed by atoms with Crippen LogP contribution in [0.2, 0.25) is 0 Å². The molecule has 0 bridgehead atoms. The number of nitrogens with zero attached hydrogens (tertiary/aromatic N) is 1. The summed E-state index contributed by atoms with van der Waals surface area (Å²) in [6.07, 6.45) is 4.40. The Hall–Kier alpha value is -2.65. The minimum absolute atomic E-state index is 0.308. The molecule has 2 amide bonds. The summed E-state index contributed by atoms with van der Waals surface area (Å²) in [6.45, 7) is 2.20. The molecule has 1 aliphatic carbocycles. The van der Waals surface area contributed by atoms with Crippen molar-refractivity contribution in [3.8, 4) is 6.07 Å². The van der Waals surface area contributed by atoms with E-state index in [0.29, 0.717) is 21.9 Å². The summed E-state index contributed by atoms with van der Waals surface area (Å²) in [5.74, 6) is -0.0554. The second-order valence-electron chi connectivity index (χ2n) is 6.18. The minimum Gasteiger partial charge on any atom is -0.267 e. The summed E-state index contributed by atoms with van der Waals surface area (Å²) >= 11 is 1.50. The van der Waals surface area contributed by atoms with E-state index in [2.05, 4.69) is 17.8 Å². The number of carbonyl (C=O) groups is 2. The summed E-state index contributed by atoms with van der Waals surface area (Å²) in [5.41, 5.74) is 6.86. The number of hydrazine groups is 1. The summed E-state index contributed by atoms with van der Waals surface area (Å²) < 4.78 is 0. The highest BCUT2D eigenvalue weighted by molar-refractivity contribution is 7.14. The average molecular weight is 353 g/mol. The SMILES string of the molecule is CC[C@H]1CCc2sc(C(=O)NNC(=O)c3cccc(C#N)c3)cc2C1. The number of thiophene rings is 1. The molecule has 1 aromatic heterocycles. The fourth-order valence-electron chi connectivity index (χ4n) is 3.04. The quantitative estimate of drug-likeness (QED) is 0.831. The maximum absolute atomic E-state index is 12.3. The molecule has 0 saturated heterocycles. The van der Waals surface area contributed by atoms with Gasteiger partial charge in [-0.1, -0.05) is 19.4 Å². The predicted molar refractivity (Wildman–Crippen MR) is 96.2 cm³/mol. The first kappa shape index (κ1) is 17.2. The topological polar surface area (TPSA) is 82.0 Å². The van der Waals surface area contributed by atoms with Gasteiger partial charge in [0.2, 0.25) is 0 Å². The van der Waals surface area contributed by atoms with Gasteiger partial charge in [-0.15, -0.1) is 11.3 Å². The highest BCUT2D eigenvalue weighted by Gasteiger charge is 2.22. The van der Waals surface area contributed by atoms with Crippen LogP contribution in [-0.2, 0) is 12.8 Å². The Morgan fingerprint density at radius 1 is 1.28 bits per heavy atom. The number of hydrogen-bond acceptors (Lipinski definition) is 4. The molecule has 0 unspecified atom stereocenters. The Balaban J connectivity index is 1.62. The first-order valence-electron chi connectivity index (χ1n) is 8.33. The number of nitrogens with one attached hydrogen (secondary N) is 2. The van der Waals surface area contributed by atoms with Gasteiger partial charge in [0, 0.05) is 10.4 Å². The molecule has 1 aromatic carbocycles. The maximum atomic E-state index is 12.3. The fraction of sp³-hybridized carbons (Fsp3) is 0.316. The number of hydrogen-bond donors (Lipinski definition) is 2. The van der Waals surface area contributed by atoms with E-state index in [-0.39, 0.29) is 5.91 Å². The Morgan fingerprint density at radius 3 is 2.84 bits per heavy atom. The summed E-state index contributed by atoms with van der Waals surface area (Å²) in [6, 6.07) is 10.3. The van der Waals surface area contributed by atoms with Crippen molar-refractivity contribution in [2.45, 2.75) is 32.6 Å². The van der Waals surface area contributed by atoms with Gasteiger partial charge in [-0.25, -0.2) is 0 Å². The number of benzene rings is 1. The van der Waals surface area contributed by atoms with Crippen LogP contribution in [0.25, 0.3) is 0 Å². The average Bonchev–Trinajstić information content (AvgIpc) is 3.09. The zero-order chi connectivity index (χ0) is 17.8. The van der Waals surface area contributed by atoms with Crippen LogP contribution < -0.4 is 10.9 Å². The van der Waals surface area contributed by atoms with Crippen LogP contribution >= 0.6 is 11.3 Å². The lowest BCUT2D eigenvalue weighted by Crippen LogP contribution is -2.41. The van der Waals surface area contributed by atoms with Gasteiger partial charge in [-0.3, -0.25) is 20.4 Å². The molecule has 2 aromatic rings. The molecule has 1 aliphatic rings. The van der Waals surface area contributed by atoms with E-state index in [1.165, 1.54) is 34.3 Å². The normalized spacial score (nSPS) is 15.8. The van der Waals surface area contributed by atoms with Gasteiger partial charge in [0.1, 0.15) is 0 Å². The van der Waals surface area contributed by atoms with E-state index in [0.717, 1.165) is 19.3 Å². The van der Waals surface area contributed by atoms with Gasteiger partial charge in [-0.2, -0.15) is 5.26 Å². The molecule has 0 radical (unpaired) electrons. The van der Waals surface area contributed by atoms with E-state index in [4.69, 9.17) is 5.26 Å². The number of nitriles is 1.